The van der Waals surface area contributed by atoms with Crippen molar-refractivity contribution in [2.75, 3.05) is 0 Å². The van der Waals surface area contributed by atoms with E-state index < -0.39 is 0 Å². The van der Waals surface area contributed by atoms with Gasteiger partial charge in [0.1, 0.15) is 11.5 Å². The molecule has 0 spiro atoms. The number of aromatic hydroxyl groups is 1. The van der Waals surface area contributed by atoms with E-state index in [-0.39, 0.29) is 11.7 Å². The van der Waals surface area contributed by atoms with Gasteiger partial charge in [-0.05, 0) is 31.5 Å². The Kier molecular flexibility index (Phi) is 4.20. The summed E-state index contributed by atoms with van der Waals surface area (Å²) in [6.07, 6.45) is 2.04. The molecule has 0 fully saturated rings. The molecule has 0 radical (unpaired) electrons. The van der Waals surface area contributed by atoms with Gasteiger partial charge in [-0.25, -0.2) is 5.43 Å². The van der Waals surface area contributed by atoms with Gasteiger partial charge in [0.05, 0.1) is 17.5 Å². The van der Waals surface area contributed by atoms with Gasteiger partial charge in [0, 0.05) is 5.56 Å². The zero-order chi connectivity index (χ0) is 14.5. The summed E-state index contributed by atoms with van der Waals surface area (Å²) in [5, 5.41) is 13.9. The number of hydrogen-bond donors (Lipinski definition) is 2. The molecule has 1 heterocycles. The zero-order valence-corrected chi connectivity index (χ0v) is 11.4. The lowest BCUT2D eigenvalue weighted by atomic mass is 10.1. The number of para-hydroxylation sites is 1. The molecule has 1 aromatic heterocycles. The Morgan fingerprint density at radius 3 is 2.65 bits per heavy atom. The van der Waals surface area contributed by atoms with Crippen molar-refractivity contribution in [1.82, 2.24) is 5.43 Å². The van der Waals surface area contributed by atoms with Gasteiger partial charge in [0.25, 0.3) is 5.91 Å². The van der Waals surface area contributed by atoms with Crippen LogP contribution >= 0.6 is 0 Å². The number of amides is 1. The quantitative estimate of drug-likeness (QED) is 0.664. The van der Waals surface area contributed by atoms with Crippen molar-refractivity contribution in [2.45, 2.75) is 20.3 Å². The number of hydrazone groups is 1. The molecule has 5 nitrogen and oxygen atoms in total. The molecule has 2 aromatic rings. The van der Waals surface area contributed by atoms with E-state index >= 15 is 0 Å². The van der Waals surface area contributed by atoms with Gasteiger partial charge in [-0.3, -0.25) is 4.79 Å². The molecule has 1 amide bonds. The lowest BCUT2D eigenvalue weighted by Crippen LogP contribution is -2.20. The van der Waals surface area contributed by atoms with Crippen LogP contribution in [-0.4, -0.2) is 16.7 Å². The third-order valence-electron chi connectivity index (χ3n) is 2.95. The number of rotatable bonds is 4. The number of nitrogens with zero attached hydrogens (tertiary/aromatic N) is 1. The second-order valence-corrected chi connectivity index (χ2v) is 4.26. The number of aryl methyl sites for hydroxylation is 1. The van der Waals surface area contributed by atoms with Gasteiger partial charge < -0.3 is 9.52 Å². The maximum Gasteiger partial charge on any atom is 0.274 e. The minimum atomic E-state index is -0.336. The first-order valence-corrected chi connectivity index (χ1v) is 6.32. The minimum absolute atomic E-state index is 0.141. The Morgan fingerprint density at radius 2 is 2.05 bits per heavy atom. The topological polar surface area (TPSA) is 74.8 Å². The highest BCUT2D eigenvalue weighted by molar-refractivity contribution is 6.04. The number of nitrogens with one attached hydrogen (secondary N) is 1. The molecule has 0 atom stereocenters. The standard InChI is InChI=1S/C15H16N2O3/c1-3-13(12-6-4-5-7-14(12)18)16-17-15(19)11-8-9-20-10(11)2/h4-9,18H,3H2,1-2H3,(H,17,19). The van der Waals surface area contributed by atoms with Crippen LogP contribution in [0.25, 0.3) is 0 Å². The summed E-state index contributed by atoms with van der Waals surface area (Å²) in [4.78, 5) is 11.9. The highest BCUT2D eigenvalue weighted by atomic mass is 16.3. The van der Waals surface area contributed by atoms with Crippen molar-refractivity contribution in [3.63, 3.8) is 0 Å². The normalized spacial score (nSPS) is 11.4. The van der Waals surface area contributed by atoms with Crippen LogP contribution < -0.4 is 5.43 Å². The number of carbonyl (C=O) groups is 1. The van der Waals surface area contributed by atoms with Gasteiger partial charge in [0.15, 0.2) is 0 Å². The Balaban J connectivity index is 2.19. The number of furan rings is 1. The number of hydrogen-bond acceptors (Lipinski definition) is 4. The second-order valence-electron chi connectivity index (χ2n) is 4.26. The van der Waals surface area contributed by atoms with Crippen molar-refractivity contribution in [2.24, 2.45) is 5.10 Å². The molecule has 20 heavy (non-hydrogen) atoms. The van der Waals surface area contributed by atoms with E-state index in [0.717, 1.165) is 0 Å². The summed E-state index contributed by atoms with van der Waals surface area (Å²) in [6.45, 7) is 3.61. The average molecular weight is 272 g/mol. The van der Waals surface area contributed by atoms with Crippen LogP contribution in [-0.2, 0) is 0 Å². The summed E-state index contributed by atoms with van der Waals surface area (Å²) in [7, 11) is 0. The van der Waals surface area contributed by atoms with Gasteiger partial charge in [-0.2, -0.15) is 5.10 Å². The van der Waals surface area contributed by atoms with Gasteiger partial charge in [-0.15, -0.1) is 0 Å². The molecule has 2 N–H and O–H groups in total. The monoisotopic (exact) mass is 272 g/mol. The minimum Gasteiger partial charge on any atom is -0.507 e. The van der Waals surface area contributed by atoms with Crippen molar-refractivity contribution in [3.8, 4) is 5.75 Å². The first kappa shape index (κ1) is 13.9. The van der Waals surface area contributed by atoms with Crippen LogP contribution in [0, 0.1) is 6.92 Å². The van der Waals surface area contributed by atoms with Crippen LogP contribution in [0.1, 0.15) is 35.0 Å². The molecule has 0 aliphatic rings. The molecule has 0 aliphatic heterocycles. The highest BCUT2D eigenvalue weighted by Gasteiger charge is 2.12. The number of phenolic OH excluding ortho intramolecular Hbond substituents is 1. The predicted molar refractivity (Wildman–Crippen MR) is 75.8 cm³/mol. The molecule has 1 aromatic carbocycles. The summed E-state index contributed by atoms with van der Waals surface area (Å²) in [5.74, 6) is 0.345. The molecular formula is C15H16N2O3. The maximum atomic E-state index is 11.9. The van der Waals surface area contributed by atoms with Gasteiger partial charge >= 0.3 is 0 Å². The summed E-state index contributed by atoms with van der Waals surface area (Å²) >= 11 is 0. The Bertz CT molecular complexity index is 644. The Morgan fingerprint density at radius 1 is 1.30 bits per heavy atom. The molecule has 0 aliphatic carbocycles. The van der Waals surface area contributed by atoms with E-state index in [2.05, 4.69) is 10.5 Å². The summed E-state index contributed by atoms with van der Waals surface area (Å²) in [5.41, 5.74) is 4.15. The largest absolute Gasteiger partial charge is 0.507 e. The predicted octanol–water partition coefficient (Wildman–Crippen LogP) is 2.84. The lowest BCUT2D eigenvalue weighted by molar-refractivity contribution is 0.0953. The van der Waals surface area contributed by atoms with Crippen LogP contribution in [0.15, 0.2) is 46.1 Å². The molecule has 104 valence electrons. The Hall–Kier alpha value is -2.56. The number of phenols is 1. The smallest absolute Gasteiger partial charge is 0.274 e. The average Bonchev–Trinajstić information content (AvgIpc) is 2.87. The van der Waals surface area contributed by atoms with Crippen LogP contribution in [0.4, 0.5) is 0 Å². The van der Waals surface area contributed by atoms with E-state index in [4.69, 9.17) is 4.42 Å². The third-order valence-corrected chi connectivity index (χ3v) is 2.95. The SMILES string of the molecule is CCC(=NNC(=O)c1ccoc1C)c1ccccc1O. The second kappa shape index (κ2) is 6.06. The van der Waals surface area contributed by atoms with Crippen molar-refractivity contribution >= 4 is 11.6 Å². The fourth-order valence-corrected chi connectivity index (χ4v) is 1.85. The van der Waals surface area contributed by atoms with Crippen molar-refractivity contribution in [1.29, 1.82) is 0 Å². The van der Waals surface area contributed by atoms with Crippen LogP contribution in [0.3, 0.4) is 0 Å². The molecule has 0 unspecified atom stereocenters. The van der Waals surface area contributed by atoms with E-state index in [9.17, 15) is 9.90 Å². The molecule has 0 saturated carbocycles. The van der Waals surface area contributed by atoms with Gasteiger partial charge in [0.2, 0.25) is 0 Å². The number of carbonyl (C=O) groups excluding carboxylic acids is 1. The van der Waals surface area contributed by atoms with E-state index in [1.165, 1.54) is 6.26 Å². The number of benzene rings is 1. The maximum absolute atomic E-state index is 11.9. The van der Waals surface area contributed by atoms with E-state index in [1.807, 2.05) is 13.0 Å². The lowest BCUT2D eigenvalue weighted by Gasteiger charge is -2.06. The fraction of sp³-hybridized carbons (Fsp3) is 0.200. The molecule has 0 saturated heterocycles. The molecule has 0 bridgehead atoms. The molecule has 2 rings (SSSR count). The van der Waals surface area contributed by atoms with Gasteiger partial charge in [-0.1, -0.05) is 19.1 Å². The molecular weight excluding hydrogens is 256 g/mol. The van der Waals surface area contributed by atoms with E-state index in [0.29, 0.717) is 29.0 Å². The fourth-order valence-electron chi connectivity index (χ4n) is 1.85. The first-order chi connectivity index (χ1) is 9.63. The first-order valence-electron chi connectivity index (χ1n) is 6.32. The molecule has 5 heteroatoms. The van der Waals surface area contributed by atoms with Crippen LogP contribution in [0.2, 0.25) is 0 Å². The summed E-state index contributed by atoms with van der Waals surface area (Å²) in [6, 6.07) is 8.48. The third kappa shape index (κ3) is 2.88. The van der Waals surface area contributed by atoms with E-state index in [1.54, 1.807) is 31.2 Å². The highest BCUT2D eigenvalue weighted by Crippen LogP contribution is 2.18. The van der Waals surface area contributed by atoms with Crippen LogP contribution in [0.5, 0.6) is 5.75 Å². The Labute approximate surface area is 116 Å². The van der Waals surface area contributed by atoms with Crippen molar-refractivity contribution in [3.05, 3.63) is 53.5 Å². The zero-order valence-electron chi connectivity index (χ0n) is 11.4. The summed E-state index contributed by atoms with van der Waals surface area (Å²) < 4.78 is 5.07. The van der Waals surface area contributed by atoms with Crippen molar-refractivity contribution < 1.29 is 14.3 Å².